The maximum absolute atomic E-state index is 12.6. The van der Waals surface area contributed by atoms with Crippen molar-refractivity contribution in [3.05, 3.63) is 55.0 Å². The van der Waals surface area contributed by atoms with Gasteiger partial charge in [0.2, 0.25) is 0 Å². The summed E-state index contributed by atoms with van der Waals surface area (Å²) in [6.07, 6.45) is 11.3. The van der Waals surface area contributed by atoms with Crippen LogP contribution in [0.15, 0.2) is 55.0 Å². The van der Waals surface area contributed by atoms with E-state index in [2.05, 4.69) is 28.5 Å². The molecule has 0 unspecified atom stereocenters. The Morgan fingerprint density at radius 1 is 1.09 bits per heavy atom. The third-order valence-corrected chi connectivity index (χ3v) is 8.42. The van der Waals surface area contributed by atoms with Crippen LogP contribution in [0.4, 0.5) is 10.6 Å². The normalized spacial score (nSPS) is 14.4. The third kappa shape index (κ3) is 7.64. The molecule has 4 aromatic rings. The van der Waals surface area contributed by atoms with Gasteiger partial charge in [0.15, 0.2) is 0 Å². The van der Waals surface area contributed by atoms with Crippen molar-refractivity contribution < 1.29 is 14.3 Å². The number of carbonyl (C=O) groups excluding carboxylic acids is 1. The Hall–Kier alpha value is -3.70. The van der Waals surface area contributed by atoms with Crippen molar-refractivity contribution >= 4 is 33.7 Å². The lowest BCUT2D eigenvalue weighted by Crippen LogP contribution is -2.47. The number of hydrogen-bond acceptors (Lipinski definition) is 8. The molecule has 0 aliphatic carbocycles. The fraction of sp³-hybridized carbons (Fsp3) is 0.469. The van der Waals surface area contributed by atoms with Crippen LogP contribution in [0.2, 0.25) is 0 Å². The molecular formula is C32H42N7O3S+. The van der Waals surface area contributed by atoms with Gasteiger partial charge < -0.3 is 19.3 Å². The number of aromatic nitrogens is 5. The summed E-state index contributed by atoms with van der Waals surface area (Å²) in [5.41, 5.74) is 3.74. The van der Waals surface area contributed by atoms with E-state index in [4.69, 9.17) is 24.5 Å². The van der Waals surface area contributed by atoms with Crippen molar-refractivity contribution in [2.45, 2.75) is 52.0 Å². The van der Waals surface area contributed by atoms with Gasteiger partial charge in [-0.15, -0.1) is 0 Å². The van der Waals surface area contributed by atoms with Gasteiger partial charge in [0.1, 0.15) is 29.6 Å². The number of piperidine rings is 1. The Kier molecular flexibility index (Phi) is 9.51. The van der Waals surface area contributed by atoms with Gasteiger partial charge in [0, 0.05) is 49.5 Å². The SMILES string of the molecule is CN(C(=O)OC(C)(C)C)C1CCN(c2cccc(-c3nn(COCC[S+](C)C)c4cnc(-c5cccnc5)cc34)n2)CC1. The van der Waals surface area contributed by atoms with Gasteiger partial charge in [-0.3, -0.25) is 9.97 Å². The Labute approximate surface area is 256 Å². The zero-order valence-electron chi connectivity index (χ0n) is 26.0. The summed E-state index contributed by atoms with van der Waals surface area (Å²) in [5.74, 6) is 1.91. The van der Waals surface area contributed by atoms with Crippen molar-refractivity contribution in [1.82, 2.24) is 29.6 Å². The molecule has 1 saturated heterocycles. The van der Waals surface area contributed by atoms with Gasteiger partial charge >= 0.3 is 6.09 Å². The summed E-state index contributed by atoms with van der Waals surface area (Å²) in [7, 11) is 2.15. The minimum atomic E-state index is -0.511. The molecule has 4 aromatic heterocycles. The average molecular weight is 605 g/mol. The van der Waals surface area contributed by atoms with Gasteiger partial charge in [-0.1, -0.05) is 6.07 Å². The highest BCUT2D eigenvalue weighted by Gasteiger charge is 2.29. The molecule has 0 saturated carbocycles. The summed E-state index contributed by atoms with van der Waals surface area (Å²) in [5, 5.41) is 5.94. The first kappa shape index (κ1) is 30.7. The molecule has 0 spiro atoms. The summed E-state index contributed by atoms with van der Waals surface area (Å²) in [6, 6.07) is 12.2. The number of hydrogen-bond donors (Lipinski definition) is 0. The predicted octanol–water partition coefficient (Wildman–Crippen LogP) is 5.24. The van der Waals surface area contributed by atoms with Gasteiger partial charge in [0.25, 0.3) is 0 Å². The maximum atomic E-state index is 12.6. The smallest absolute Gasteiger partial charge is 0.410 e. The van der Waals surface area contributed by atoms with E-state index in [1.54, 1.807) is 11.1 Å². The lowest BCUT2D eigenvalue weighted by Gasteiger charge is -2.37. The van der Waals surface area contributed by atoms with Crippen LogP contribution in [0.5, 0.6) is 0 Å². The maximum Gasteiger partial charge on any atom is 0.410 e. The molecule has 0 atom stereocenters. The monoisotopic (exact) mass is 604 g/mol. The molecule has 5 heterocycles. The Morgan fingerprint density at radius 3 is 2.58 bits per heavy atom. The van der Waals surface area contributed by atoms with Crippen LogP contribution in [-0.4, -0.2) is 92.4 Å². The first-order valence-electron chi connectivity index (χ1n) is 14.7. The van der Waals surface area contributed by atoms with E-state index < -0.39 is 5.60 Å². The van der Waals surface area contributed by atoms with Gasteiger partial charge in [0.05, 0.1) is 42.2 Å². The number of fused-ring (bicyclic) bond motifs is 1. The summed E-state index contributed by atoms with van der Waals surface area (Å²) >= 11 is 0. The van der Waals surface area contributed by atoms with E-state index in [9.17, 15) is 4.79 Å². The van der Waals surface area contributed by atoms with E-state index in [0.29, 0.717) is 24.2 Å². The fourth-order valence-corrected chi connectivity index (χ4v) is 5.56. The molecule has 0 bridgehead atoms. The van der Waals surface area contributed by atoms with Gasteiger partial charge in [-0.05, 0) is 74.8 Å². The third-order valence-electron chi connectivity index (χ3n) is 7.44. The molecule has 43 heavy (non-hydrogen) atoms. The molecule has 0 N–H and O–H groups in total. The molecule has 1 fully saturated rings. The zero-order chi connectivity index (χ0) is 30.6. The molecule has 11 heteroatoms. The first-order valence-corrected chi connectivity index (χ1v) is 16.9. The molecule has 228 valence electrons. The van der Waals surface area contributed by atoms with Gasteiger partial charge in [-0.2, -0.15) is 5.10 Å². The van der Waals surface area contributed by atoms with Crippen LogP contribution in [0, 0.1) is 0 Å². The highest BCUT2D eigenvalue weighted by Crippen LogP contribution is 2.31. The van der Waals surface area contributed by atoms with E-state index in [0.717, 1.165) is 71.1 Å². The average Bonchev–Trinajstić information content (AvgIpc) is 3.36. The Bertz CT molecular complexity index is 1530. The molecule has 0 radical (unpaired) electrons. The minimum Gasteiger partial charge on any atom is -0.444 e. The van der Waals surface area contributed by atoms with Crippen LogP contribution in [-0.2, 0) is 27.1 Å². The highest BCUT2D eigenvalue weighted by atomic mass is 32.2. The fourth-order valence-electron chi connectivity index (χ4n) is 5.10. The topological polar surface area (TPSA) is 98.5 Å². The number of anilines is 1. The molecule has 0 aromatic carbocycles. The predicted molar refractivity (Wildman–Crippen MR) is 173 cm³/mol. The number of carbonyl (C=O) groups is 1. The van der Waals surface area contributed by atoms with Crippen molar-refractivity contribution in [2.75, 3.05) is 49.9 Å². The lowest BCUT2D eigenvalue weighted by atomic mass is 10.0. The summed E-state index contributed by atoms with van der Waals surface area (Å²) < 4.78 is 13.5. The van der Waals surface area contributed by atoms with E-state index in [1.807, 2.05) is 75.2 Å². The van der Waals surface area contributed by atoms with E-state index in [1.165, 1.54) is 0 Å². The number of rotatable bonds is 9. The standard InChI is InChI=1S/C32H42N7O3S/c1-32(2,3)42-31(40)37(4)24-12-15-38(16-13-24)29-11-7-10-26(35-29)30-25-19-27(23-9-8-14-33-20-23)34-21-28(25)39(36-30)22-41-17-18-43(5)6/h7-11,14,19-21,24H,12-13,15-18,22H2,1-6H3/q+1. The van der Waals surface area contributed by atoms with Crippen LogP contribution in [0.1, 0.15) is 33.6 Å². The number of amides is 1. The molecule has 10 nitrogen and oxygen atoms in total. The Morgan fingerprint density at radius 2 is 1.88 bits per heavy atom. The molecule has 1 aliphatic heterocycles. The van der Waals surface area contributed by atoms with Crippen molar-refractivity contribution in [1.29, 1.82) is 0 Å². The quantitative estimate of drug-likeness (QED) is 0.189. The van der Waals surface area contributed by atoms with Crippen molar-refractivity contribution in [3.8, 4) is 22.6 Å². The largest absolute Gasteiger partial charge is 0.444 e. The molecular weight excluding hydrogens is 562 g/mol. The van der Waals surface area contributed by atoms with E-state index >= 15 is 0 Å². The minimum absolute atomic E-state index is 0.128. The van der Waals surface area contributed by atoms with Crippen LogP contribution >= 0.6 is 0 Å². The number of ether oxygens (including phenoxy) is 2. The molecule has 1 amide bonds. The Balaban J connectivity index is 1.38. The van der Waals surface area contributed by atoms with Crippen LogP contribution in [0.3, 0.4) is 0 Å². The molecule has 5 rings (SSSR count). The second kappa shape index (κ2) is 13.3. The van der Waals surface area contributed by atoms with Crippen LogP contribution in [0.25, 0.3) is 33.5 Å². The summed E-state index contributed by atoms with van der Waals surface area (Å²) in [4.78, 5) is 30.7. The van der Waals surface area contributed by atoms with E-state index in [-0.39, 0.29) is 12.1 Å². The van der Waals surface area contributed by atoms with Crippen molar-refractivity contribution in [2.24, 2.45) is 0 Å². The first-order chi connectivity index (χ1) is 20.6. The number of nitrogens with zero attached hydrogens (tertiary/aromatic N) is 7. The van der Waals surface area contributed by atoms with Crippen molar-refractivity contribution in [3.63, 3.8) is 0 Å². The zero-order valence-corrected chi connectivity index (χ0v) is 26.8. The van der Waals surface area contributed by atoms with Crippen LogP contribution < -0.4 is 4.90 Å². The second-order valence-electron chi connectivity index (χ2n) is 12.1. The van der Waals surface area contributed by atoms with Gasteiger partial charge in [-0.25, -0.2) is 14.5 Å². The molecule has 1 aliphatic rings. The highest BCUT2D eigenvalue weighted by molar-refractivity contribution is 7.95. The lowest BCUT2D eigenvalue weighted by molar-refractivity contribution is 0.0201. The second-order valence-corrected chi connectivity index (χ2v) is 14.5. The summed E-state index contributed by atoms with van der Waals surface area (Å²) in [6.45, 7) is 8.29. The number of pyridine rings is 3.